The van der Waals surface area contributed by atoms with E-state index >= 15 is 0 Å². The fourth-order valence-corrected chi connectivity index (χ4v) is 2.20. The number of pyridine rings is 2. The summed E-state index contributed by atoms with van der Waals surface area (Å²) in [5.74, 6) is 0. The van der Waals surface area contributed by atoms with Gasteiger partial charge in [0.1, 0.15) is 0 Å². The van der Waals surface area contributed by atoms with E-state index in [1.165, 1.54) is 5.56 Å². The lowest BCUT2D eigenvalue weighted by Gasteiger charge is -2.06. The Morgan fingerprint density at radius 3 is 2.78 bits per heavy atom. The van der Waals surface area contributed by atoms with E-state index in [4.69, 9.17) is 11.6 Å². The maximum absolute atomic E-state index is 6.01. The largest absolute Gasteiger partial charge is 0.264 e. The third-order valence-corrected chi connectivity index (χ3v) is 3.17. The van der Waals surface area contributed by atoms with Crippen molar-refractivity contribution in [2.45, 2.75) is 6.92 Å². The average Bonchev–Trinajstić information content (AvgIpc) is 2.40. The Hall–Kier alpha value is -1.93. The maximum Gasteiger partial charge on any atom is 0.0727 e. The first-order chi connectivity index (χ1) is 8.74. The fraction of sp³-hybridized carbons (Fsp3) is 0.0667. The van der Waals surface area contributed by atoms with Gasteiger partial charge in [-0.05, 0) is 48.9 Å². The normalized spacial score (nSPS) is 10.8. The third kappa shape index (κ3) is 1.95. The monoisotopic (exact) mass is 254 g/mol. The molecule has 0 saturated heterocycles. The molecule has 0 aliphatic carbocycles. The molecule has 2 aromatic heterocycles. The van der Waals surface area contributed by atoms with Gasteiger partial charge in [-0.2, -0.15) is 0 Å². The van der Waals surface area contributed by atoms with Gasteiger partial charge in [0.2, 0.25) is 0 Å². The van der Waals surface area contributed by atoms with Crippen LogP contribution in [0.1, 0.15) is 5.56 Å². The van der Waals surface area contributed by atoms with Crippen LogP contribution in [-0.2, 0) is 0 Å². The van der Waals surface area contributed by atoms with Crippen molar-refractivity contribution in [1.29, 1.82) is 0 Å². The minimum absolute atomic E-state index is 0.738. The summed E-state index contributed by atoms with van der Waals surface area (Å²) >= 11 is 6.01. The zero-order chi connectivity index (χ0) is 12.5. The predicted molar refractivity (Wildman–Crippen MR) is 74.7 cm³/mol. The Morgan fingerprint density at radius 1 is 1.11 bits per heavy atom. The molecule has 0 radical (unpaired) electrons. The van der Waals surface area contributed by atoms with Crippen molar-refractivity contribution in [3.05, 3.63) is 59.4 Å². The lowest BCUT2D eigenvalue weighted by molar-refractivity contribution is 1.29. The van der Waals surface area contributed by atoms with Crippen molar-refractivity contribution in [3.63, 3.8) is 0 Å². The molecule has 2 heterocycles. The predicted octanol–water partition coefficient (Wildman–Crippen LogP) is 4.26. The number of aryl methyl sites for hydroxylation is 1. The molecule has 18 heavy (non-hydrogen) atoms. The highest BCUT2D eigenvalue weighted by molar-refractivity contribution is 6.31. The maximum atomic E-state index is 6.01. The van der Waals surface area contributed by atoms with Crippen LogP contribution in [0, 0.1) is 6.92 Å². The fourth-order valence-electron chi connectivity index (χ4n) is 2.03. The summed E-state index contributed by atoms with van der Waals surface area (Å²) in [6, 6.07) is 11.8. The van der Waals surface area contributed by atoms with Gasteiger partial charge in [-0.1, -0.05) is 11.6 Å². The van der Waals surface area contributed by atoms with Crippen LogP contribution >= 0.6 is 11.6 Å². The van der Waals surface area contributed by atoms with Crippen molar-refractivity contribution in [3.8, 4) is 11.3 Å². The van der Waals surface area contributed by atoms with Gasteiger partial charge in [-0.25, -0.2) is 4.98 Å². The van der Waals surface area contributed by atoms with Gasteiger partial charge in [0.05, 0.1) is 11.2 Å². The van der Waals surface area contributed by atoms with Crippen LogP contribution in [0.15, 0.2) is 48.8 Å². The van der Waals surface area contributed by atoms with Crippen molar-refractivity contribution in [2.24, 2.45) is 0 Å². The second kappa shape index (κ2) is 4.39. The first-order valence-electron chi connectivity index (χ1n) is 5.71. The molecule has 0 fully saturated rings. The van der Waals surface area contributed by atoms with E-state index in [0.29, 0.717) is 0 Å². The number of hydrogen-bond donors (Lipinski definition) is 0. The topological polar surface area (TPSA) is 25.8 Å². The van der Waals surface area contributed by atoms with E-state index in [1.54, 1.807) is 6.20 Å². The number of hydrogen-bond acceptors (Lipinski definition) is 2. The molecular formula is C15H11ClN2. The molecule has 0 amide bonds. The molecule has 0 N–H and O–H groups in total. The minimum Gasteiger partial charge on any atom is -0.264 e. The highest BCUT2D eigenvalue weighted by Gasteiger charge is 2.05. The van der Waals surface area contributed by atoms with Gasteiger partial charge in [-0.3, -0.25) is 4.98 Å². The van der Waals surface area contributed by atoms with Gasteiger partial charge < -0.3 is 0 Å². The quantitative estimate of drug-likeness (QED) is 0.648. The van der Waals surface area contributed by atoms with E-state index in [-0.39, 0.29) is 0 Å². The molecule has 3 rings (SSSR count). The van der Waals surface area contributed by atoms with E-state index in [2.05, 4.69) is 23.0 Å². The smallest absolute Gasteiger partial charge is 0.0727 e. The van der Waals surface area contributed by atoms with Gasteiger partial charge >= 0.3 is 0 Å². The standard InChI is InChI=1S/C15H11ClN2/c1-10-7-15(11-3-2-6-17-9-11)18-14-5-4-12(16)8-13(10)14/h2-9H,1H3. The summed E-state index contributed by atoms with van der Waals surface area (Å²) in [4.78, 5) is 8.77. The number of benzene rings is 1. The SMILES string of the molecule is Cc1cc(-c2cccnc2)nc2ccc(Cl)cc12. The molecule has 88 valence electrons. The molecule has 0 unspecified atom stereocenters. The second-order valence-electron chi connectivity index (χ2n) is 4.23. The van der Waals surface area contributed by atoms with Crippen LogP contribution in [0.4, 0.5) is 0 Å². The summed E-state index contributed by atoms with van der Waals surface area (Å²) in [6.07, 6.45) is 3.58. The first-order valence-corrected chi connectivity index (χ1v) is 6.09. The summed E-state index contributed by atoms with van der Waals surface area (Å²) in [6.45, 7) is 2.07. The zero-order valence-electron chi connectivity index (χ0n) is 9.89. The Bertz CT molecular complexity index is 708. The molecule has 0 atom stereocenters. The van der Waals surface area contributed by atoms with Crippen LogP contribution in [-0.4, -0.2) is 9.97 Å². The van der Waals surface area contributed by atoms with E-state index in [9.17, 15) is 0 Å². The molecule has 2 nitrogen and oxygen atoms in total. The van der Waals surface area contributed by atoms with Crippen LogP contribution in [0.5, 0.6) is 0 Å². The summed E-state index contributed by atoms with van der Waals surface area (Å²) < 4.78 is 0. The van der Waals surface area contributed by atoms with Crippen molar-refractivity contribution in [2.75, 3.05) is 0 Å². The van der Waals surface area contributed by atoms with Crippen LogP contribution in [0.25, 0.3) is 22.2 Å². The summed E-state index contributed by atoms with van der Waals surface area (Å²) in [5, 5.41) is 1.83. The van der Waals surface area contributed by atoms with Crippen molar-refractivity contribution >= 4 is 22.5 Å². The van der Waals surface area contributed by atoms with Gasteiger partial charge in [0.25, 0.3) is 0 Å². The molecule has 1 aromatic carbocycles. The number of fused-ring (bicyclic) bond motifs is 1. The van der Waals surface area contributed by atoms with Crippen LogP contribution < -0.4 is 0 Å². The first kappa shape index (κ1) is 11.2. The zero-order valence-corrected chi connectivity index (χ0v) is 10.6. The third-order valence-electron chi connectivity index (χ3n) is 2.93. The Morgan fingerprint density at radius 2 is 2.00 bits per heavy atom. The van der Waals surface area contributed by atoms with Gasteiger partial charge in [-0.15, -0.1) is 0 Å². The molecular weight excluding hydrogens is 244 g/mol. The van der Waals surface area contributed by atoms with Crippen molar-refractivity contribution < 1.29 is 0 Å². The number of nitrogens with zero attached hydrogens (tertiary/aromatic N) is 2. The summed E-state index contributed by atoms with van der Waals surface area (Å²) in [7, 11) is 0. The molecule has 3 aromatic rings. The average molecular weight is 255 g/mol. The molecule has 0 saturated carbocycles. The van der Waals surface area contributed by atoms with Crippen LogP contribution in [0.3, 0.4) is 0 Å². The Kier molecular flexibility index (Phi) is 2.73. The molecule has 0 aliphatic rings. The van der Waals surface area contributed by atoms with Gasteiger partial charge in [0.15, 0.2) is 0 Å². The number of halogens is 1. The highest BCUT2D eigenvalue weighted by Crippen LogP contribution is 2.25. The van der Waals surface area contributed by atoms with E-state index in [1.807, 2.05) is 36.5 Å². The van der Waals surface area contributed by atoms with Crippen LogP contribution in [0.2, 0.25) is 5.02 Å². The molecule has 0 bridgehead atoms. The Balaban J connectivity index is 2.25. The van der Waals surface area contributed by atoms with Crippen molar-refractivity contribution in [1.82, 2.24) is 9.97 Å². The molecule has 0 spiro atoms. The summed E-state index contributed by atoms with van der Waals surface area (Å²) in [5.41, 5.74) is 4.09. The highest BCUT2D eigenvalue weighted by atomic mass is 35.5. The molecule has 0 aliphatic heterocycles. The second-order valence-corrected chi connectivity index (χ2v) is 4.66. The lowest BCUT2D eigenvalue weighted by Crippen LogP contribution is -1.89. The van der Waals surface area contributed by atoms with Gasteiger partial charge in [0, 0.05) is 28.4 Å². The number of rotatable bonds is 1. The lowest BCUT2D eigenvalue weighted by atomic mass is 10.1. The Labute approximate surface area is 110 Å². The van der Waals surface area contributed by atoms with E-state index < -0.39 is 0 Å². The number of aromatic nitrogens is 2. The minimum atomic E-state index is 0.738. The molecule has 3 heteroatoms. The van der Waals surface area contributed by atoms with E-state index in [0.717, 1.165) is 27.2 Å².